The first-order valence-electron chi connectivity index (χ1n) is 9.93. The molecule has 1 aromatic heterocycles. The summed E-state index contributed by atoms with van der Waals surface area (Å²) in [5.41, 5.74) is 2.35. The fraction of sp³-hybridized carbons (Fsp3) is 0.0800. The van der Waals surface area contributed by atoms with Gasteiger partial charge in [0.15, 0.2) is 5.13 Å². The molecule has 0 unspecified atom stereocenters. The number of aliphatic hydroxyl groups is 1. The number of fused-ring (bicyclic) bond motifs is 1. The van der Waals surface area contributed by atoms with Gasteiger partial charge in [-0.1, -0.05) is 65.4 Å². The average Bonchev–Trinajstić information content (AvgIpc) is 3.32. The summed E-state index contributed by atoms with van der Waals surface area (Å²) in [6, 6.07) is 19.0. The number of amides is 1. The van der Waals surface area contributed by atoms with Gasteiger partial charge in [-0.2, -0.15) is 0 Å². The molecule has 3 aromatic carbocycles. The number of thiazole rings is 1. The second kappa shape index (κ2) is 7.69. The quantitative estimate of drug-likeness (QED) is 0.262. The van der Waals surface area contributed by atoms with E-state index >= 15 is 0 Å². The van der Waals surface area contributed by atoms with Crippen LogP contribution in [0.25, 0.3) is 16.0 Å². The molecule has 0 spiro atoms. The molecule has 1 aliphatic rings. The number of para-hydroxylation sites is 1. The number of aliphatic hydroxyl groups excluding tert-OH is 1. The minimum atomic E-state index is -1.01. The van der Waals surface area contributed by atoms with Crippen LogP contribution >= 0.6 is 11.3 Å². The van der Waals surface area contributed by atoms with Crippen molar-refractivity contribution in [2.45, 2.75) is 13.0 Å². The van der Waals surface area contributed by atoms with Crippen molar-refractivity contribution in [2.24, 2.45) is 0 Å². The van der Waals surface area contributed by atoms with Gasteiger partial charge in [-0.25, -0.2) is 9.37 Å². The van der Waals surface area contributed by atoms with E-state index in [1.807, 2.05) is 31.2 Å². The first-order valence-corrected chi connectivity index (χ1v) is 10.7. The molecule has 1 N–H and O–H groups in total. The van der Waals surface area contributed by atoms with Gasteiger partial charge in [0, 0.05) is 5.56 Å². The zero-order chi connectivity index (χ0) is 22.4. The Kier molecular flexibility index (Phi) is 4.83. The third-order valence-electron chi connectivity index (χ3n) is 5.42. The topological polar surface area (TPSA) is 70.5 Å². The fourth-order valence-corrected chi connectivity index (χ4v) is 4.84. The van der Waals surface area contributed by atoms with E-state index in [0.29, 0.717) is 21.8 Å². The molecule has 7 heteroatoms. The maximum atomic E-state index is 14.1. The summed E-state index contributed by atoms with van der Waals surface area (Å²) in [6.07, 6.45) is 0. The molecule has 1 saturated heterocycles. The number of halogens is 1. The molecule has 0 radical (unpaired) electrons. The van der Waals surface area contributed by atoms with Crippen LogP contribution in [0.5, 0.6) is 0 Å². The fourth-order valence-electron chi connectivity index (χ4n) is 3.85. The summed E-state index contributed by atoms with van der Waals surface area (Å²) in [5, 5.41) is 11.4. The van der Waals surface area contributed by atoms with Crippen molar-refractivity contribution in [3.05, 3.63) is 101 Å². The van der Waals surface area contributed by atoms with Crippen molar-refractivity contribution < 1.29 is 19.1 Å². The molecular weight excluding hydrogens is 427 g/mol. The van der Waals surface area contributed by atoms with Crippen LogP contribution in [-0.2, 0) is 9.59 Å². The van der Waals surface area contributed by atoms with Crippen molar-refractivity contribution in [3.8, 4) is 0 Å². The van der Waals surface area contributed by atoms with Crippen LogP contribution in [0.15, 0.2) is 78.4 Å². The van der Waals surface area contributed by atoms with E-state index in [1.165, 1.54) is 34.4 Å². The number of carbonyl (C=O) groups is 2. The molecule has 1 atom stereocenters. The van der Waals surface area contributed by atoms with E-state index in [-0.39, 0.29) is 11.3 Å². The molecule has 0 bridgehead atoms. The number of nitrogens with zero attached hydrogens (tertiary/aromatic N) is 2. The Morgan fingerprint density at radius 1 is 1.03 bits per heavy atom. The summed E-state index contributed by atoms with van der Waals surface area (Å²) in [7, 11) is 0. The number of carbonyl (C=O) groups excluding carboxylic acids is 2. The van der Waals surface area contributed by atoms with Gasteiger partial charge in [-0.15, -0.1) is 0 Å². The highest BCUT2D eigenvalue weighted by atomic mass is 32.1. The zero-order valence-electron chi connectivity index (χ0n) is 16.9. The Morgan fingerprint density at radius 3 is 2.50 bits per heavy atom. The summed E-state index contributed by atoms with van der Waals surface area (Å²) in [4.78, 5) is 32.1. The zero-order valence-corrected chi connectivity index (χ0v) is 17.8. The molecule has 32 heavy (non-hydrogen) atoms. The summed E-state index contributed by atoms with van der Waals surface area (Å²) in [6.45, 7) is 1.91. The second-order valence-electron chi connectivity index (χ2n) is 7.55. The second-order valence-corrected chi connectivity index (χ2v) is 8.56. The largest absolute Gasteiger partial charge is 0.507 e. The summed E-state index contributed by atoms with van der Waals surface area (Å²) in [5.74, 6) is -2.46. The predicted octanol–water partition coefficient (Wildman–Crippen LogP) is 5.37. The maximum Gasteiger partial charge on any atom is 0.301 e. The molecule has 1 aliphatic heterocycles. The van der Waals surface area contributed by atoms with Crippen LogP contribution in [0.2, 0.25) is 0 Å². The van der Waals surface area contributed by atoms with E-state index in [4.69, 9.17) is 0 Å². The molecule has 5 rings (SSSR count). The number of benzene rings is 3. The molecule has 0 saturated carbocycles. The number of hydrogen-bond acceptors (Lipinski definition) is 5. The van der Waals surface area contributed by atoms with Crippen LogP contribution in [0.4, 0.5) is 9.52 Å². The number of ketones is 1. The predicted molar refractivity (Wildman–Crippen MR) is 122 cm³/mol. The van der Waals surface area contributed by atoms with Crippen LogP contribution in [0.1, 0.15) is 22.7 Å². The lowest BCUT2D eigenvalue weighted by Crippen LogP contribution is -2.29. The van der Waals surface area contributed by atoms with Gasteiger partial charge in [0.25, 0.3) is 5.78 Å². The third kappa shape index (κ3) is 3.27. The smallest absolute Gasteiger partial charge is 0.301 e. The van der Waals surface area contributed by atoms with Crippen LogP contribution in [0.3, 0.4) is 0 Å². The van der Waals surface area contributed by atoms with E-state index in [1.54, 1.807) is 30.3 Å². The van der Waals surface area contributed by atoms with Crippen molar-refractivity contribution in [2.75, 3.05) is 4.90 Å². The summed E-state index contributed by atoms with van der Waals surface area (Å²) < 4.78 is 15.0. The molecule has 4 aromatic rings. The van der Waals surface area contributed by atoms with Crippen molar-refractivity contribution >= 4 is 44.1 Å². The van der Waals surface area contributed by atoms with E-state index < -0.39 is 23.5 Å². The van der Waals surface area contributed by atoms with E-state index in [9.17, 15) is 19.1 Å². The highest BCUT2D eigenvalue weighted by molar-refractivity contribution is 7.22. The van der Waals surface area contributed by atoms with Crippen LogP contribution in [0, 0.1) is 12.7 Å². The third-order valence-corrected chi connectivity index (χ3v) is 6.46. The molecule has 158 valence electrons. The lowest BCUT2D eigenvalue weighted by atomic mass is 9.95. The standard InChI is InChI=1S/C25H17FN2O3S/c1-14-9-11-15(12-10-14)22(29)20-21(16-5-4-6-17(26)13-16)28(24(31)23(20)30)25-27-18-7-2-3-8-19(18)32-25/h2-13,21,29H,1H3/b22-20+/t21-/m1/s1. The average molecular weight is 444 g/mol. The minimum Gasteiger partial charge on any atom is -0.507 e. The number of Topliss-reactive ketones (excluding diaryl/α,β-unsaturated/α-hetero) is 1. The van der Waals surface area contributed by atoms with Gasteiger partial charge in [-0.3, -0.25) is 14.5 Å². The monoisotopic (exact) mass is 444 g/mol. The van der Waals surface area contributed by atoms with Gasteiger partial charge in [-0.05, 0) is 36.8 Å². The SMILES string of the molecule is Cc1ccc(/C(O)=C2\C(=O)C(=O)N(c3nc4ccccc4s3)[C@@H]2c2cccc(F)c2)cc1. The van der Waals surface area contributed by atoms with Gasteiger partial charge >= 0.3 is 5.91 Å². The lowest BCUT2D eigenvalue weighted by Gasteiger charge is -2.23. The van der Waals surface area contributed by atoms with Crippen LogP contribution in [-0.4, -0.2) is 21.8 Å². The van der Waals surface area contributed by atoms with Gasteiger partial charge in [0.2, 0.25) is 0 Å². The van der Waals surface area contributed by atoms with E-state index in [0.717, 1.165) is 10.3 Å². The Hall–Kier alpha value is -3.84. The first-order chi connectivity index (χ1) is 15.4. The van der Waals surface area contributed by atoms with Gasteiger partial charge < -0.3 is 5.11 Å². The number of aryl methyl sites for hydroxylation is 1. The number of rotatable bonds is 3. The Labute approximate surface area is 187 Å². The first kappa shape index (κ1) is 20.1. The van der Waals surface area contributed by atoms with E-state index in [2.05, 4.69) is 4.98 Å². The molecule has 5 nitrogen and oxygen atoms in total. The Balaban J connectivity index is 1.74. The highest BCUT2D eigenvalue weighted by Crippen LogP contribution is 2.44. The van der Waals surface area contributed by atoms with Crippen LogP contribution < -0.4 is 4.90 Å². The highest BCUT2D eigenvalue weighted by Gasteiger charge is 2.48. The number of anilines is 1. The molecule has 1 amide bonds. The minimum absolute atomic E-state index is 0.0938. The Morgan fingerprint density at radius 2 is 1.78 bits per heavy atom. The van der Waals surface area contributed by atoms with Gasteiger partial charge in [0.05, 0.1) is 21.8 Å². The number of aromatic nitrogens is 1. The van der Waals surface area contributed by atoms with Crippen molar-refractivity contribution in [3.63, 3.8) is 0 Å². The maximum absolute atomic E-state index is 14.1. The van der Waals surface area contributed by atoms with Crippen molar-refractivity contribution in [1.82, 2.24) is 4.98 Å². The molecular formula is C25H17FN2O3S. The lowest BCUT2D eigenvalue weighted by molar-refractivity contribution is -0.132. The summed E-state index contributed by atoms with van der Waals surface area (Å²) >= 11 is 1.26. The van der Waals surface area contributed by atoms with Crippen molar-refractivity contribution in [1.29, 1.82) is 0 Å². The molecule has 2 heterocycles. The molecule has 1 fully saturated rings. The van der Waals surface area contributed by atoms with Gasteiger partial charge in [0.1, 0.15) is 11.6 Å². The number of hydrogen-bond donors (Lipinski definition) is 1. The molecule has 0 aliphatic carbocycles. The Bertz CT molecular complexity index is 1380. The normalized spacial score (nSPS) is 17.9.